The molecule has 3 aromatic rings. The summed E-state index contributed by atoms with van der Waals surface area (Å²) in [6.45, 7) is 3.80. The molecular weight excluding hydrogens is 488 g/mol. The Morgan fingerprint density at radius 1 is 0.970 bits per heavy atom. The molecule has 1 N–H and O–H groups in total. The number of hydrogen-bond acceptors (Lipinski definition) is 6. The molecule has 3 rings (SSSR count). The summed E-state index contributed by atoms with van der Waals surface area (Å²) in [5.74, 6) is 0.595. The van der Waals surface area contributed by atoms with Crippen LogP contribution in [-0.2, 0) is 4.79 Å². The Morgan fingerprint density at radius 2 is 1.70 bits per heavy atom. The summed E-state index contributed by atoms with van der Waals surface area (Å²) in [7, 11) is 1.55. The highest BCUT2D eigenvalue weighted by Crippen LogP contribution is 2.23. The molecule has 0 aliphatic heterocycles. The van der Waals surface area contributed by atoms with Gasteiger partial charge in [-0.25, -0.2) is 10.2 Å². The molecule has 0 radical (unpaired) electrons. The first kappa shape index (κ1) is 24.0. The summed E-state index contributed by atoms with van der Waals surface area (Å²) in [5.41, 5.74) is 5.51. The van der Waals surface area contributed by atoms with Crippen molar-refractivity contribution in [3.05, 3.63) is 87.4 Å². The van der Waals surface area contributed by atoms with Crippen molar-refractivity contribution in [2.45, 2.75) is 13.8 Å². The number of hydrogen-bond donors (Lipinski definition) is 1. The van der Waals surface area contributed by atoms with Crippen molar-refractivity contribution in [2.75, 3.05) is 13.7 Å². The number of methoxy groups -OCH3 is 1. The van der Waals surface area contributed by atoms with Crippen LogP contribution < -0.4 is 19.6 Å². The third-order valence-corrected chi connectivity index (χ3v) is 5.23. The highest BCUT2D eigenvalue weighted by atomic mass is 79.9. The Kier molecular flexibility index (Phi) is 8.21. The average molecular weight is 511 g/mol. The van der Waals surface area contributed by atoms with Gasteiger partial charge in [-0.2, -0.15) is 5.10 Å². The number of aryl methyl sites for hydroxylation is 2. The van der Waals surface area contributed by atoms with Crippen molar-refractivity contribution in [1.82, 2.24) is 5.43 Å². The number of amides is 1. The van der Waals surface area contributed by atoms with Gasteiger partial charge < -0.3 is 14.2 Å². The van der Waals surface area contributed by atoms with Crippen LogP contribution in [0.2, 0.25) is 0 Å². The SMILES string of the molecule is COc1ccc(C(=O)Oc2ccc(Br)cc2/C=N\NC(=O)COc2ccc(C)c(C)c2)cc1. The molecule has 7 nitrogen and oxygen atoms in total. The summed E-state index contributed by atoms with van der Waals surface area (Å²) in [6, 6.07) is 17.3. The average Bonchev–Trinajstić information content (AvgIpc) is 2.81. The van der Waals surface area contributed by atoms with Crippen molar-refractivity contribution in [3.8, 4) is 17.2 Å². The first-order chi connectivity index (χ1) is 15.9. The topological polar surface area (TPSA) is 86.2 Å². The number of rotatable bonds is 8. The van der Waals surface area contributed by atoms with Crippen molar-refractivity contribution in [3.63, 3.8) is 0 Å². The highest BCUT2D eigenvalue weighted by Gasteiger charge is 2.12. The standard InChI is InChI=1S/C25H23BrN2O5/c1-16-4-8-22(12-17(16)2)32-15-24(29)28-27-14-19-13-20(26)7-11-23(19)33-25(30)18-5-9-21(31-3)10-6-18/h4-14H,15H2,1-3H3,(H,28,29)/b27-14-. The molecule has 33 heavy (non-hydrogen) atoms. The van der Waals surface area contributed by atoms with Gasteiger partial charge in [0.05, 0.1) is 18.9 Å². The van der Waals surface area contributed by atoms with E-state index in [0.717, 1.165) is 15.6 Å². The number of esters is 1. The third kappa shape index (κ3) is 6.92. The zero-order valence-electron chi connectivity index (χ0n) is 18.4. The Hall–Kier alpha value is -3.65. The Bertz CT molecular complexity index is 1180. The van der Waals surface area contributed by atoms with Gasteiger partial charge in [0.15, 0.2) is 6.61 Å². The van der Waals surface area contributed by atoms with E-state index in [-0.39, 0.29) is 6.61 Å². The first-order valence-corrected chi connectivity index (χ1v) is 10.8. The second-order valence-electron chi connectivity index (χ2n) is 7.13. The lowest BCUT2D eigenvalue weighted by atomic mass is 10.1. The molecule has 0 spiro atoms. The Morgan fingerprint density at radius 3 is 2.39 bits per heavy atom. The zero-order valence-corrected chi connectivity index (χ0v) is 20.0. The largest absolute Gasteiger partial charge is 0.497 e. The van der Waals surface area contributed by atoms with Gasteiger partial charge in [0.25, 0.3) is 5.91 Å². The van der Waals surface area contributed by atoms with Crippen LogP contribution >= 0.6 is 15.9 Å². The number of hydrazone groups is 1. The zero-order chi connectivity index (χ0) is 23.8. The van der Waals surface area contributed by atoms with E-state index >= 15 is 0 Å². The van der Waals surface area contributed by atoms with Crippen LogP contribution in [0.15, 0.2) is 70.2 Å². The van der Waals surface area contributed by atoms with Crippen LogP contribution in [0.4, 0.5) is 0 Å². The maximum atomic E-state index is 12.5. The summed E-state index contributed by atoms with van der Waals surface area (Å²) >= 11 is 3.38. The van der Waals surface area contributed by atoms with Gasteiger partial charge in [-0.15, -0.1) is 0 Å². The van der Waals surface area contributed by atoms with E-state index in [9.17, 15) is 9.59 Å². The van der Waals surface area contributed by atoms with Crippen molar-refractivity contribution >= 4 is 34.0 Å². The maximum absolute atomic E-state index is 12.5. The van der Waals surface area contributed by atoms with Gasteiger partial charge in [-0.05, 0) is 79.6 Å². The van der Waals surface area contributed by atoms with Crippen LogP contribution in [0.5, 0.6) is 17.2 Å². The van der Waals surface area contributed by atoms with Gasteiger partial charge in [0.2, 0.25) is 0 Å². The van der Waals surface area contributed by atoms with Crippen LogP contribution in [0.1, 0.15) is 27.0 Å². The number of carbonyl (C=O) groups is 2. The molecule has 3 aromatic carbocycles. The molecule has 1 amide bonds. The molecule has 0 aliphatic rings. The lowest BCUT2D eigenvalue weighted by Crippen LogP contribution is -2.24. The predicted molar refractivity (Wildman–Crippen MR) is 129 cm³/mol. The van der Waals surface area contributed by atoms with Crippen LogP contribution in [0.3, 0.4) is 0 Å². The van der Waals surface area contributed by atoms with Crippen molar-refractivity contribution in [1.29, 1.82) is 0 Å². The summed E-state index contributed by atoms with van der Waals surface area (Å²) in [5, 5.41) is 3.96. The molecule has 0 bridgehead atoms. The molecular formula is C25H23BrN2O5. The van der Waals surface area contributed by atoms with E-state index in [2.05, 4.69) is 26.5 Å². The fraction of sp³-hybridized carbons (Fsp3) is 0.160. The predicted octanol–water partition coefficient (Wildman–Crippen LogP) is 4.82. The second kappa shape index (κ2) is 11.3. The van der Waals surface area contributed by atoms with E-state index in [1.807, 2.05) is 32.0 Å². The van der Waals surface area contributed by atoms with Gasteiger partial charge >= 0.3 is 5.97 Å². The summed E-state index contributed by atoms with van der Waals surface area (Å²) in [4.78, 5) is 24.6. The maximum Gasteiger partial charge on any atom is 0.343 e. The molecule has 0 atom stereocenters. The van der Waals surface area contributed by atoms with E-state index in [1.165, 1.54) is 6.21 Å². The minimum atomic E-state index is -0.527. The van der Waals surface area contributed by atoms with E-state index in [0.29, 0.717) is 28.4 Å². The Balaban J connectivity index is 1.61. The lowest BCUT2D eigenvalue weighted by Gasteiger charge is -2.09. The molecule has 0 fully saturated rings. The number of nitrogens with zero attached hydrogens (tertiary/aromatic N) is 1. The fourth-order valence-corrected chi connectivity index (χ4v) is 3.14. The molecule has 0 aromatic heterocycles. The van der Waals surface area contributed by atoms with E-state index in [4.69, 9.17) is 14.2 Å². The molecule has 0 aliphatic carbocycles. The van der Waals surface area contributed by atoms with Gasteiger partial charge in [-0.3, -0.25) is 4.79 Å². The van der Waals surface area contributed by atoms with E-state index < -0.39 is 11.9 Å². The number of halogens is 1. The minimum absolute atomic E-state index is 0.183. The Labute approximate surface area is 200 Å². The minimum Gasteiger partial charge on any atom is -0.497 e. The normalized spacial score (nSPS) is 10.7. The first-order valence-electron chi connectivity index (χ1n) is 10.0. The molecule has 8 heteroatoms. The smallest absolute Gasteiger partial charge is 0.343 e. The molecule has 0 unspecified atom stereocenters. The summed E-state index contributed by atoms with van der Waals surface area (Å²) in [6.07, 6.45) is 1.40. The molecule has 0 saturated carbocycles. The van der Waals surface area contributed by atoms with Crippen LogP contribution in [-0.4, -0.2) is 31.8 Å². The quantitative estimate of drug-likeness (QED) is 0.203. The summed E-state index contributed by atoms with van der Waals surface area (Å²) < 4.78 is 16.9. The molecule has 170 valence electrons. The van der Waals surface area contributed by atoms with Crippen LogP contribution in [0.25, 0.3) is 0 Å². The molecule has 0 heterocycles. The van der Waals surface area contributed by atoms with E-state index in [1.54, 1.807) is 49.6 Å². The van der Waals surface area contributed by atoms with Gasteiger partial charge in [0, 0.05) is 10.0 Å². The monoisotopic (exact) mass is 510 g/mol. The number of benzene rings is 3. The van der Waals surface area contributed by atoms with Crippen LogP contribution in [0, 0.1) is 13.8 Å². The number of ether oxygens (including phenoxy) is 3. The second-order valence-corrected chi connectivity index (χ2v) is 8.04. The third-order valence-electron chi connectivity index (χ3n) is 4.74. The van der Waals surface area contributed by atoms with Crippen molar-refractivity contribution in [2.24, 2.45) is 5.10 Å². The number of nitrogens with one attached hydrogen (secondary N) is 1. The number of carbonyl (C=O) groups excluding carboxylic acids is 2. The highest BCUT2D eigenvalue weighted by molar-refractivity contribution is 9.10. The van der Waals surface area contributed by atoms with Gasteiger partial charge in [-0.1, -0.05) is 22.0 Å². The van der Waals surface area contributed by atoms with Gasteiger partial charge in [0.1, 0.15) is 17.2 Å². The lowest BCUT2D eigenvalue weighted by molar-refractivity contribution is -0.123. The molecule has 0 saturated heterocycles. The van der Waals surface area contributed by atoms with Crippen molar-refractivity contribution < 1.29 is 23.8 Å². The fourth-order valence-electron chi connectivity index (χ4n) is 2.76.